The van der Waals surface area contributed by atoms with Gasteiger partial charge in [0.05, 0.1) is 12.8 Å². The number of nitrogens with zero attached hydrogens (tertiary/aromatic N) is 1. The first-order valence-electron chi connectivity index (χ1n) is 6.50. The molecule has 0 fully saturated rings. The molecule has 0 amide bonds. The first-order chi connectivity index (χ1) is 9.22. The van der Waals surface area contributed by atoms with E-state index in [0.29, 0.717) is 0 Å². The van der Waals surface area contributed by atoms with Gasteiger partial charge < -0.3 is 10.1 Å². The maximum absolute atomic E-state index is 5.26. The van der Waals surface area contributed by atoms with E-state index in [0.717, 1.165) is 36.6 Å². The Hall–Kier alpha value is -1.39. The van der Waals surface area contributed by atoms with E-state index in [4.69, 9.17) is 4.74 Å². The predicted molar refractivity (Wildman–Crippen MR) is 79.8 cm³/mol. The number of hydrogen-bond acceptors (Lipinski definition) is 4. The third-order valence-electron chi connectivity index (χ3n) is 3.03. The molecule has 0 aromatic carbocycles. The van der Waals surface area contributed by atoms with Gasteiger partial charge in [0.1, 0.15) is 5.75 Å². The van der Waals surface area contributed by atoms with Crippen LogP contribution in [0.3, 0.4) is 0 Å². The Kier molecular flexibility index (Phi) is 4.93. The lowest BCUT2D eigenvalue weighted by Gasteiger charge is -2.07. The highest BCUT2D eigenvalue weighted by atomic mass is 32.1. The maximum Gasteiger partial charge on any atom is 0.122 e. The molecule has 102 valence electrons. The molecule has 0 saturated heterocycles. The van der Waals surface area contributed by atoms with Gasteiger partial charge in [-0.1, -0.05) is 6.92 Å². The molecule has 0 aliphatic rings. The minimum atomic E-state index is 0.763. The van der Waals surface area contributed by atoms with Crippen molar-refractivity contribution < 1.29 is 4.74 Å². The number of hydrogen-bond donors (Lipinski definition) is 1. The zero-order valence-corrected chi connectivity index (χ0v) is 12.5. The molecule has 2 rings (SSSR count). The second-order valence-electron chi connectivity index (χ2n) is 4.47. The first-order valence-corrected chi connectivity index (χ1v) is 7.38. The van der Waals surface area contributed by atoms with Crippen LogP contribution >= 0.6 is 11.3 Å². The summed E-state index contributed by atoms with van der Waals surface area (Å²) in [6.07, 6.45) is 1.09. The lowest BCUT2D eigenvalue weighted by Crippen LogP contribution is -2.14. The molecule has 0 radical (unpaired) electrons. The molecule has 0 saturated carbocycles. The SMILES string of the molecule is CCc1ccsc1CNCc1cc(OC)cc(C)n1. The van der Waals surface area contributed by atoms with Crippen LogP contribution in [0.15, 0.2) is 23.6 Å². The van der Waals surface area contributed by atoms with E-state index < -0.39 is 0 Å². The molecule has 2 aromatic heterocycles. The average Bonchev–Trinajstić information content (AvgIpc) is 2.85. The van der Waals surface area contributed by atoms with Crippen molar-refractivity contribution in [2.24, 2.45) is 0 Å². The number of nitrogens with one attached hydrogen (secondary N) is 1. The van der Waals surface area contributed by atoms with E-state index in [2.05, 4.69) is 28.7 Å². The Morgan fingerprint density at radius 1 is 1.32 bits per heavy atom. The summed E-state index contributed by atoms with van der Waals surface area (Å²) in [7, 11) is 1.69. The van der Waals surface area contributed by atoms with Crippen molar-refractivity contribution in [2.75, 3.05) is 7.11 Å². The minimum absolute atomic E-state index is 0.763. The third kappa shape index (κ3) is 3.78. The van der Waals surface area contributed by atoms with Crippen molar-refractivity contribution in [1.82, 2.24) is 10.3 Å². The van der Waals surface area contributed by atoms with Gasteiger partial charge in [0.2, 0.25) is 0 Å². The van der Waals surface area contributed by atoms with Gasteiger partial charge in [-0.2, -0.15) is 0 Å². The molecule has 1 N–H and O–H groups in total. The summed E-state index contributed by atoms with van der Waals surface area (Å²) in [6, 6.07) is 6.13. The first kappa shape index (κ1) is 14.0. The van der Waals surface area contributed by atoms with E-state index in [9.17, 15) is 0 Å². The van der Waals surface area contributed by atoms with Crippen LogP contribution in [-0.4, -0.2) is 12.1 Å². The Balaban J connectivity index is 1.94. The Morgan fingerprint density at radius 2 is 2.16 bits per heavy atom. The highest BCUT2D eigenvalue weighted by Crippen LogP contribution is 2.17. The van der Waals surface area contributed by atoms with Gasteiger partial charge in [-0.15, -0.1) is 11.3 Å². The molecular formula is C15H20N2OS. The third-order valence-corrected chi connectivity index (χ3v) is 3.99. The molecule has 2 heterocycles. The van der Waals surface area contributed by atoms with E-state index in [1.165, 1.54) is 10.4 Å². The van der Waals surface area contributed by atoms with Gasteiger partial charge in [-0.3, -0.25) is 4.98 Å². The van der Waals surface area contributed by atoms with E-state index in [1.807, 2.05) is 30.4 Å². The van der Waals surface area contributed by atoms with Crippen molar-refractivity contribution in [3.63, 3.8) is 0 Å². The van der Waals surface area contributed by atoms with Crippen molar-refractivity contribution >= 4 is 11.3 Å². The fraction of sp³-hybridized carbons (Fsp3) is 0.400. The summed E-state index contributed by atoms with van der Waals surface area (Å²) in [5, 5.41) is 5.61. The molecule has 0 spiro atoms. The van der Waals surface area contributed by atoms with Gasteiger partial charge in [0.15, 0.2) is 0 Å². The number of pyridine rings is 1. The van der Waals surface area contributed by atoms with Crippen LogP contribution in [0.4, 0.5) is 0 Å². The zero-order valence-electron chi connectivity index (χ0n) is 11.7. The topological polar surface area (TPSA) is 34.1 Å². The average molecular weight is 276 g/mol. The summed E-state index contributed by atoms with van der Waals surface area (Å²) in [6.45, 7) is 5.84. The Morgan fingerprint density at radius 3 is 2.89 bits per heavy atom. The predicted octanol–water partition coefficient (Wildman–Crippen LogP) is 3.31. The van der Waals surface area contributed by atoms with Crippen LogP contribution in [0.5, 0.6) is 5.75 Å². The highest BCUT2D eigenvalue weighted by molar-refractivity contribution is 7.10. The summed E-state index contributed by atoms with van der Waals surface area (Å²) < 4.78 is 5.26. The quantitative estimate of drug-likeness (QED) is 0.879. The summed E-state index contributed by atoms with van der Waals surface area (Å²) in [5.41, 5.74) is 3.44. The molecule has 0 unspecified atom stereocenters. The molecule has 0 aliphatic carbocycles. The number of aromatic nitrogens is 1. The minimum Gasteiger partial charge on any atom is -0.497 e. The van der Waals surface area contributed by atoms with Gasteiger partial charge >= 0.3 is 0 Å². The number of rotatable bonds is 6. The van der Waals surface area contributed by atoms with Crippen LogP contribution in [-0.2, 0) is 19.5 Å². The Bertz CT molecular complexity index is 537. The lowest BCUT2D eigenvalue weighted by molar-refractivity contribution is 0.412. The number of ether oxygens (including phenoxy) is 1. The fourth-order valence-electron chi connectivity index (χ4n) is 2.05. The zero-order chi connectivity index (χ0) is 13.7. The summed E-state index contributed by atoms with van der Waals surface area (Å²) in [4.78, 5) is 5.92. The van der Waals surface area contributed by atoms with Crippen molar-refractivity contribution in [3.05, 3.63) is 45.4 Å². The van der Waals surface area contributed by atoms with Gasteiger partial charge in [0.25, 0.3) is 0 Å². The smallest absolute Gasteiger partial charge is 0.122 e. The van der Waals surface area contributed by atoms with E-state index >= 15 is 0 Å². The second kappa shape index (κ2) is 6.68. The fourth-order valence-corrected chi connectivity index (χ4v) is 3.00. The van der Waals surface area contributed by atoms with E-state index in [-0.39, 0.29) is 0 Å². The summed E-state index contributed by atoms with van der Waals surface area (Å²) >= 11 is 1.81. The summed E-state index contributed by atoms with van der Waals surface area (Å²) in [5.74, 6) is 0.870. The molecule has 0 atom stereocenters. The Labute approximate surface area is 118 Å². The van der Waals surface area contributed by atoms with Crippen LogP contribution in [0.2, 0.25) is 0 Å². The normalized spacial score (nSPS) is 10.7. The lowest BCUT2D eigenvalue weighted by atomic mass is 10.2. The van der Waals surface area contributed by atoms with Crippen LogP contribution in [0, 0.1) is 6.92 Å². The molecular weight excluding hydrogens is 256 g/mol. The number of aryl methyl sites for hydroxylation is 2. The largest absolute Gasteiger partial charge is 0.497 e. The molecule has 2 aromatic rings. The molecule has 4 heteroatoms. The number of methoxy groups -OCH3 is 1. The van der Waals surface area contributed by atoms with Gasteiger partial charge in [0, 0.05) is 35.8 Å². The van der Waals surface area contributed by atoms with Crippen LogP contribution in [0.1, 0.15) is 28.8 Å². The molecule has 0 bridgehead atoms. The van der Waals surface area contributed by atoms with Crippen molar-refractivity contribution in [1.29, 1.82) is 0 Å². The molecule has 19 heavy (non-hydrogen) atoms. The highest BCUT2D eigenvalue weighted by Gasteiger charge is 2.03. The molecule has 0 aliphatic heterocycles. The van der Waals surface area contributed by atoms with Gasteiger partial charge in [-0.25, -0.2) is 0 Å². The van der Waals surface area contributed by atoms with Crippen molar-refractivity contribution in [2.45, 2.75) is 33.4 Å². The van der Waals surface area contributed by atoms with Gasteiger partial charge in [-0.05, 0) is 30.4 Å². The van der Waals surface area contributed by atoms with Crippen LogP contribution in [0.25, 0.3) is 0 Å². The standard InChI is InChI=1S/C15H20N2OS/c1-4-12-5-6-19-15(12)10-16-9-13-8-14(18-3)7-11(2)17-13/h5-8,16H,4,9-10H2,1-3H3. The maximum atomic E-state index is 5.26. The second-order valence-corrected chi connectivity index (χ2v) is 5.47. The van der Waals surface area contributed by atoms with Crippen LogP contribution < -0.4 is 10.1 Å². The van der Waals surface area contributed by atoms with Crippen molar-refractivity contribution in [3.8, 4) is 5.75 Å². The van der Waals surface area contributed by atoms with E-state index in [1.54, 1.807) is 7.11 Å². The number of thiophene rings is 1. The molecule has 3 nitrogen and oxygen atoms in total. The monoisotopic (exact) mass is 276 g/mol.